The van der Waals surface area contributed by atoms with Crippen LogP contribution in [-0.2, 0) is 10.5 Å². The summed E-state index contributed by atoms with van der Waals surface area (Å²) in [6.07, 6.45) is 0. The van der Waals surface area contributed by atoms with Crippen LogP contribution in [0, 0.1) is 5.82 Å². The molecule has 0 N–H and O–H groups in total. The second kappa shape index (κ2) is 7.16. The Kier molecular flexibility index (Phi) is 5.51. The number of carbonyl (C=O) groups is 1. The van der Waals surface area contributed by atoms with Crippen molar-refractivity contribution < 1.29 is 13.9 Å². The third kappa shape index (κ3) is 3.90. The first kappa shape index (κ1) is 16.1. The van der Waals surface area contributed by atoms with Crippen molar-refractivity contribution in [2.45, 2.75) is 10.6 Å². The van der Waals surface area contributed by atoms with Gasteiger partial charge in [0.2, 0.25) is 0 Å². The second-order valence-corrected chi connectivity index (χ2v) is 5.95. The van der Waals surface area contributed by atoms with Crippen LogP contribution in [0.4, 0.5) is 4.39 Å². The molecule has 2 aromatic carbocycles. The molecule has 0 spiro atoms. The topological polar surface area (TPSA) is 26.3 Å². The largest absolute Gasteiger partial charge is 0.465 e. The van der Waals surface area contributed by atoms with Gasteiger partial charge in [-0.25, -0.2) is 9.18 Å². The summed E-state index contributed by atoms with van der Waals surface area (Å²) in [5.41, 5.74) is 0.642. The van der Waals surface area contributed by atoms with Gasteiger partial charge in [-0.05, 0) is 29.8 Å². The van der Waals surface area contributed by atoms with Gasteiger partial charge in [-0.15, -0.1) is 11.8 Å². The van der Waals surface area contributed by atoms with E-state index in [1.807, 2.05) is 0 Å². The Morgan fingerprint density at radius 3 is 2.48 bits per heavy atom. The van der Waals surface area contributed by atoms with Gasteiger partial charge in [0.1, 0.15) is 5.82 Å². The number of hydrogen-bond donors (Lipinski definition) is 0. The van der Waals surface area contributed by atoms with Crippen molar-refractivity contribution in [1.82, 2.24) is 0 Å². The highest BCUT2D eigenvalue weighted by Gasteiger charge is 2.13. The average molecular weight is 345 g/mol. The molecule has 0 aliphatic rings. The van der Waals surface area contributed by atoms with Gasteiger partial charge in [0, 0.05) is 10.6 Å². The average Bonchev–Trinajstić information content (AvgIpc) is 2.46. The molecule has 0 atom stereocenters. The number of ether oxygens (including phenoxy) is 1. The molecule has 0 aliphatic heterocycles. The number of esters is 1. The van der Waals surface area contributed by atoms with E-state index in [1.54, 1.807) is 24.3 Å². The summed E-state index contributed by atoms with van der Waals surface area (Å²) < 4.78 is 18.3. The molecule has 2 rings (SSSR count). The van der Waals surface area contributed by atoms with Gasteiger partial charge < -0.3 is 4.74 Å². The van der Waals surface area contributed by atoms with Crippen LogP contribution in [0.3, 0.4) is 0 Å². The number of benzene rings is 2. The molecule has 2 aromatic rings. The SMILES string of the molecule is COC(=O)c1ccc(CSc2c(Cl)cccc2Cl)cc1F. The van der Waals surface area contributed by atoms with Gasteiger partial charge in [-0.3, -0.25) is 0 Å². The summed E-state index contributed by atoms with van der Waals surface area (Å²) in [5.74, 6) is -0.812. The number of thioether (sulfide) groups is 1. The molecule has 0 fully saturated rings. The molecule has 21 heavy (non-hydrogen) atoms. The maximum absolute atomic E-state index is 13.8. The van der Waals surface area contributed by atoms with Crippen molar-refractivity contribution in [2.24, 2.45) is 0 Å². The van der Waals surface area contributed by atoms with Crippen LogP contribution >= 0.6 is 35.0 Å². The lowest BCUT2D eigenvalue weighted by atomic mass is 10.1. The van der Waals surface area contributed by atoms with E-state index in [1.165, 1.54) is 31.0 Å². The maximum Gasteiger partial charge on any atom is 0.340 e. The molecule has 0 unspecified atom stereocenters. The molecule has 0 bridgehead atoms. The Morgan fingerprint density at radius 2 is 1.90 bits per heavy atom. The van der Waals surface area contributed by atoms with Gasteiger partial charge in [0.25, 0.3) is 0 Å². The van der Waals surface area contributed by atoms with E-state index >= 15 is 0 Å². The smallest absolute Gasteiger partial charge is 0.340 e. The number of methoxy groups -OCH3 is 1. The zero-order valence-electron chi connectivity index (χ0n) is 11.0. The maximum atomic E-state index is 13.8. The summed E-state index contributed by atoms with van der Waals surface area (Å²) in [6, 6.07) is 9.65. The molecule has 0 aliphatic carbocycles. The lowest BCUT2D eigenvalue weighted by molar-refractivity contribution is 0.0595. The van der Waals surface area contributed by atoms with E-state index in [2.05, 4.69) is 4.74 Å². The molecule has 0 aromatic heterocycles. The molecule has 0 saturated carbocycles. The van der Waals surface area contributed by atoms with E-state index in [0.29, 0.717) is 15.8 Å². The lowest BCUT2D eigenvalue weighted by Gasteiger charge is -2.08. The third-order valence-electron chi connectivity index (χ3n) is 2.74. The molecular formula is C15H11Cl2FO2S. The molecule has 110 valence electrons. The zero-order chi connectivity index (χ0) is 15.4. The van der Waals surface area contributed by atoms with E-state index < -0.39 is 11.8 Å². The summed E-state index contributed by atoms with van der Waals surface area (Å²) >= 11 is 13.6. The molecule has 0 saturated heterocycles. The summed E-state index contributed by atoms with van der Waals surface area (Å²) in [5, 5.41) is 1.11. The number of carbonyl (C=O) groups excluding carboxylic acids is 1. The summed E-state index contributed by atoms with van der Waals surface area (Å²) in [6.45, 7) is 0. The van der Waals surface area contributed by atoms with Crippen LogP contribution in [0.1, 0.15) is 15.9 Å². The Hall–Kier alpha value is -1.23. The minimum atomic E-state index is -0.694. The van der Waals surface area contributed by atoms with Gasteiger partial charge >= 0.3 is 5.97 Å². The highest BCUT2D eigenvalue weighted by Crippen LogP contribution is 2.35. The normalized spacial score (nSPS) is 10.5. The van der Waals surface area contributed by atoms with Gasteiger partial charge in [0.15, 0.2) is 0 Å². The van der Waals surface area contributed by atoms with Gasteiger partial charge in [-0.2, -0.15) is 0 Å². The monoisotopic (exact) mass is 344 g/mol. The van der Waals surface area contributed by atoms with E-state index in [-0.39, 0.29) is 5.56 Å². The Bertz CT molecular complexity index is 656. The van der Waals surface area contributed by atoms with E-state index in [4.69, 9.17) is 23.2 Å². The van der Waals surface area contributed by atoms with Crippen molar-refractivity contribution >= 4 is 40.9 Å². The molecule has 6 heteroatoms. The fraction of sp³-hybridized carbons (Fsp3) is 0.133. The van der Waals surface area contributed by atoms with Crippen LogP contribution < -0.4 is 0 Å². The van der Waals surface area contributed by atoms with Crippen LogP contribution in [0.2, 0.25) is 10.0 Å². The quantitative estimate of drug-likeness (QED) is 0.562. The van der Waals surface area contributed by atoms with Gasteiger partial charge in [0.05, 0.1) is 22.7 Å². The van der Waals surface area contributed by atoms with Crippen molar-refractivity contribution in [1.29, 1.82) is 0 Å². The first-order chi connectivity index (χ1) is 10.0. The van der Waals surface area contributed by atoms with Crippen LogP contribution in [0.5, 0.6) is 0 Å². The summed E-state index contributed by atoms with van der Waals surface area (Å²) in [7, 11) is 1.21. The molecule has 0 heterocycles. The van der Waals surface area contributed by atoms with Crippen LogP contribution in [0.25, 0.3) is 0 Å². The first-order valence-corrected chi connectivity index (χ1v) is 7.70. The predicted molar refractivity (Wildman–Crippen MR) is 83.8 cm³/mol. The van der Waals surface area contributed by atoms with Crippen LogP contribution in [-0.4, -0.2) is 13.1 Å². The molecule has 0 radical (unpaired) electrons. The molecule has 2 nitrogen and oxygen atoms in total. The minimum absolute atomic E-state index is 0.0815. The fourth-order valence-electron chi connectivity index (χ4n) is 1.70. The molecule has 0 amide bonds. The Morgan fingerprint density at radius 1 is 1.24 bits per heavy atom. The lowest BCUT2D eigenvalue weighted by Crippen LogP contribution is -2.04. The van der Waals surface area contributed by atoms with Crippen molar-refractivity contribution in [3.8, 4) is 0 Å². The fourth-order valence-corrected chi connectivity index (χ4v) is 3.33. The molecular weight excluding hydrogens is 334 g/mol. The predicted octanol–water partition coefficient (Wildman–Crippen LogP) is 5.21. The highest BCUT2D eigenvalue weighted by molar-refractivity contribution is 7.98. The first-order valence-electron chi connectivity index (χ1n) is 5.96. The van der Waals surface area contributed by atoms with Crippen LogP contribution in [0.15, 0.2) is 41.3 Å². The van der Waals surface area contributed by atoms with Gasteiger partial charge in [-0.1, -0.05) is 35.3 Å². The highest BCUT2D eigenvalue weighted by atomic mass is 35.5. The summed E-state index contributed by atoms with van der Waals surface area (Å²) in [4.78, 5) is 12.1. The zero-order valence-corrected chi connectivity index (χ0v) is 13.4. The Labute approximate surface area is 136 Å². The van der Waals surface area contributed by atoms with E-state index in [9.17, 15) is 9.18 Å². The van der Waals surface area contributed by atoms with Crippen molar-refractivity contribution in [2.75, 3.05) is 7.11 Å². The third-order valence-corrected chi connectivity index (χ3v) is 4.80. The Balaban J connectivity index is 2.14. The van der Waals surface area contributed by atoms with Crippen molar-refractivity contribution in [3.05, 3.63) is 63.4 Å². The van der Waals surface area contributed by atoms with E-state index in [0.717, 1.165) is 10.5 Å². The second-order valence-electron chi connectivity index (χ2n) is 4.15. The number of halogens is 3. The minimum Gasteiger partial charge on any atom is -0.465 e. The van der Waals surface area contributed by atoms with Crippen molar-refractivity contribution in [3.63, 3.8) is 0 Å². The number of hydrogen-bond acceptors (Lipinski definition) is 3. The number of rotatable bonds is 4. The standard InChI is InChI=1S/C15H11Cl2FO2S/c1-20-15(19)10-6-5-9(7-13(10)18)8-21-14-11(16)3-2-4-12(14)17/h2-7H,8H2,1H3.